The number of aldehydes is 1. The Hall–Kier alpha value is -2.66. The van der Waals surface area contributed by atoms with E-state index in [2.05, 4.69) is 17.0 Å². The van der Waals surface area contributed by atoms with E-state index in [4.69, 9.17) is 9.47 Å². The van der Waals surface area contributed by atoms with Gasteiger partial charge in [-0.05, 0) is 42.0 Å². The molecule has 0 N–H and O–H groups in total. The van der Waals surface area contributed by atoms with Crippen LogP contribution in [0, 0.1) is 11.8 Å². The van der Waals surface area contributed by atoms with Crippen LogP contribution < -0.4 is 4.74 Å². The second kappa shape index (κ2) is 10.8. The lowest BCUT2D eigenvalue weighted by Gasteiger charge is -2.37. The van der Waals surface area contributed by atoms with E-state index in [1.807, 2.05) is 42.5 Å². The molecular formula is C27H33NO4. The van der Waals surface area contributed by atoms with Gasteiger partial charge in [0.15, 0.2) is 0 Å². The molecule has 2 aliphatic rings. The van der Waals surface area contributed by atoms with Gasteiger partial charge in [0.1, 0.15) is 18.6 Å². The summed E-state index contributed by atoms with van der Waals surface area (Å²) in [6, 6.07) is 18.3. The summed E-state index contributed by atoms with van der Waals surface area (Å²) in [6.45, 7) is 1.95. The molecule has 1 aliphatic heterocycles. The Morgan fingerprint density at radius 3 is 2.50 bits per heavy atom. The molecule has 0 radical (unpaired) electrons. The van der Waals surface area contributed by atoms with Crippen molar-refractivity contribution in [1.82, 2.24) is 4.90 Å². The zero-order valence-corrected chi connectivity index (χ0v) is 18.8. The second-order valence-electron chi connectivity index (χ2n) is 9.10. The highest BCUT2D eigenvalue weighted by molar-refractivity contribution is 5.69. The predicted octanol–water partition coefficient (Wildman–Crippen LogP) is 4.60. The van der Waals surface area contributed by atoms with Crippen LogP contribution in [0.25, 0.3) is 0 Å². The van der Waals surface area contributed by atoms with Gasteiger partial charge in [-0.3, -0.25) is 9.69 Å². The number of esters is 1. The van der Waals surface area contributed by atoms with Crippen molar-refractivity contribution < 1.29 is 19.1 Å². The molecule has 32 heavy (non-hydrogen) atoms. The lowest BCUT2D eigenvalue weighted by atomic mass is 9.81. The van der Waals surface area contributed by atoms with Gasteiger partial charge in [-0.15, -0.1) is 0 Å². The molecule has 4 atom stereocenters. The van der Waals surface area contributed by atoms with Gasteiger partial charge in [0.05, 0.1) is 7.11 Å². The normalized spacial score (nSPS) is 25.9. The first-order valence-electron chi connectivity index (χ1n) is 11.7. The Bertz CT molecular complexity index is 882. The molecule has 1 saturated heterocycles. The number of carbonyl (C=O) groups excluding carboxylic acids is 2. The van der Waals surface area contributed by atoms with E-state index in [9.17, 15) is 9.59 Å². The standard InChI is InChI=1S/C27H33NO4/c1-31-24-13-11-20(12-14-24)19-32-27(30)15-22-9-5-6-10-26(22)28-16-23(18-29)25(17-28)21-7-3-2-4-8-21/h2-4,7-8,11-14,18,22-23,25-26H,5-6,9-10,15-17,19H2,1H3. The summed E-state index contributed by atoms with van der Waals surface area (Å²) in [5, 5.41) is 0. The predicted molar refractivity (Wildman–Crippen MR) is 123 cm³/mol. The average Bonchev–Trinajstić information content (AvgIpc) is 3.28. The van der Waals surface area contributed by atoms with Crippen molar-refractivity contribution in [2.45, 2.75) is 50.7 Å². The molecular weight excluding hydrogens is 402 g/mol. The van der Waals surface area contributed by atoms with Gasteiger partial charge in [-0.2, -0.15) is 0 Å². The van der Waals surface area contributed by atoms with Gasteiger partial charge in [0.2, 0.25) is 0 Å². The van der Waals surface area contributed by atoms with Crippen molar-refractivity contribution >= 4 is 12.3 Å². The highest BCUT2D eigenvalue weighted by Crippen LogP contribution is 2.38. The Balaban J connectivity index is 1.36. The van der Waals surface area contributed by atoms with Crippen molar-refractivity contribution in [1.29, 1.82) is 0 Å². The van der Waals surface area contributed by atoms with Gasteiger partial charge >= 0.3 is 5.97 Å². The van der Waals surface area contributed by atoms with E-state index in [1.54, 1.807) is 7.11 Å². The quantitative estimate of drug-likeness (QED) is 0.448. The fourth-order valence-electron chi connectivity index (χ4n) is 5.39. The number of likely N-dealkylation sites (tertiary alicyclic amines) is 1. The van der Waals surface area contributed by atoms with Crippen LogP contribution >= 0.6 is 0 Å². The number of nitrogens with zero attached hydrogens (tertiary/aromatic N) is 1. The molecule has 1 aliphatic carbocycles. The largest absolute Gasteiger partial charge is 0.497 e. The van der Waals surface area contributed by atoms with Gasteiger partial charge in [0, 0.05) is 37.4 Å². The first-order valence-corrected chi connectivity index (χ1v) is 11.7. The van der Waals surface area contributed by atoms with E-state index in [1.165, 1.54) is 12.0 Å². The third kappa shape index (κ3) is 5.39. The Labute approximate surface area is 190 Å². The molecule has 0 amide bonds. The number of hydrogen-bond acceptors (Lipinski definition) is 5. The Morgan fingerprint density at radius 2 is 1.78 bits per heavy atom. The molecule has 4 rings (SSSR count). The summed E-state index contributed by atoms with van der Waals surface area (Å²) in [7, 11) is 1.63. The van der Waals surface area contributed by atoms with Crippen LogP contribution in [0.4, 0.5) is 0 Å². The minimum atomic E-state index is -0.136. The summed E-state index contributed by atoms with van der Waals surface area (Å²) in [5.74, 6) is 1.19. The molecule has 4 unspecified atom stereocenters. The monoisotopic (exact) mass is 435 g/mol. The smallest absolute Gasteiger partial charge is 0.306 e. The molecule has 5 nitrogen and oxygen atoms in total. The molecule has 1 heterocycles. The molecule has 1 saturated carbocycles. The third-order valence-corrected chi connectivity index (χ3v) is 7.12. The molecule has 2 aromatic rings. The van der Waals surface area contributed by atoms with Gasteiger partial charge in [0.25, 0.3) is 0 Å². The Morgan fingerprint density at radius 1 is 1.03 bits per heavy atom. The maximum absolute atomic E-state index is 12.7. The number of carbonyl (C=O) groups is 2. The molecule has 0 aromatic heterocycles. The molecule has 170 valence electrons. The number of ether oxygens (including phenoxy) is 2. The third-order valence-electron chi connectivity index (χ3n) is 7.12. The maximum Gasteiger partial charge on any atom is 0.306 e. The van der Waals surface area contributed by atoms with Crippen molar-refractivity contribution in [3.63, 3.8) is 0 Å². The SMILES string of the molecule is COc1ccc(COC(=O)CC2CCCCC2N2CC(C=O)C(c3ccccc3)C2)cc1. The summed E-state index contributed by atoms with van der Waals surface area (Å²) < 4.78 is 10.8. The summed E-state index contributed by atoms with van der Waals surface area (Å²) in [6.07, 6.45) is 6.03. The minimum absolute atomic E-state index is 0.0157. The van der Waals surface area contributed by atoms with Gasteiger partial charge in [-0.25, -0.2) is 0 Å². The Kier molecular flexibility index (Phi) is 7.59. The van der Waals surface area contributed by atoms with E-state index in [0.717, 1.165) is 50.0 Å². The van der Waals surface area contributed by atoms with E-state index in [0.29, 0.717) is 12.5 Å². The van der Waals surface area contributed by atoms with E-state index < -0.39 is 0 Å². The lowest BCUT2D eigenvalue weighted by molar-refractivity contribution is -0.147. The lowest BCUT2D eigenvalue weighted by Crippen LogP contribution is -2.42. The first-order chi connectivity index (χ1) is 15.7. The fraction of sp³-hybridized carbons (Fsp3) is 0.481. The van der Waals surface area contributed by atoms with E-state index in [-0.39, 0.29) is 30.3 Å². The maximum atomic E-state index is 12.7. The van der Waals surface area contributed by atoms with Crippen LogP contribution in [0.15, 0.2) is 54.6 Å². The van der Waals surface area contributed by atoms with Crippen LogP contribution in [-0.4, -0.2) is 43.4 Å². The zero-order valence-electron chi connectivity index (χ0n) is 18.8. The summed E-state index contributed by atoms with van der Waals surface area (Å²) in [5.41, 5.74) is 2.19. The zero-order chi connectivity index (χ0) is 22.3. The average molecular weight is 436 g/mol. The summed E-state index contributed by atoms with van der Waals surface area (Å²) in [4.78, 5) is 27.0. The molecule has 2 aromatic carbocycles. The van der Waals surface area contributed by atoms with Crippen LogP contribution in [-0.2, 0) is 20.9 Å². The number of methoxy groups -OCH3 is 1. The molecule has 2 fully saturated rings. The van der Waals surface area contributed by atoms with Crippen molar-refractivity contribution in [2.24, 2.45) is 11.8 Å². The van der Waals surface area contributed by atoms with Crippen LogP contribution in [0.2, 0.25) is 0 Å². The van der Waals surface area contributed by atoms with Crippen molar-refractivity contribution in [2.75, 3.05) is 20.2 Å². The molecule has 5 heteroatoms. The first kappa shape index (κ1) is 22.5. The minimum Gasteiger partial charge on any atom is -0.497 e. The van der Waals surface area contributed by atoms with Crippen LogP contribution in [0.5, 0.6) is 5.75 Å². The molecule has 0 spiro atoms. The molecule has 0 bridgehead atoms. The topological polar surface area (TPSA) is 55.8 Å². The van der Waals surface area contributed by atoms with Crippen LogP contribution in [0.1, 0.15) is 49.1 Å². The van der Waals surface area contributed by atoms with Gasteiger partial charge in [-0.1, -0.05) is 55.3 Å². The highest BCUT2D eigenvalue weighted by atomic mass is 16.5. The summed E-state index contributed by atoms with van der Waals surface area (Å²) >= 11 is 0. The van der Waals surface area contributed by atoms with Crippen molar-refractivity contribution in [3.8, 4) is 5.75 Å². The fourth-order valence-corrected chi connectivity index (χ4v) is 5.39. The van der Waals surface area contributed by atoms with Crippen molar-refractivity contribution in [3.05, 3.63) is 65.7 Å². The number of hydrogen-bond donors (Lipinski definition) is 0. The highest BCUT2D eigenvalue weighted by Gasteiger charge is 2.40. The number of rotatable bonds is 8. The second-order valence-corrected chi connectivity index (χ2v) is 9.10. The van der Waals surface area contributed by atoms with Gasteiger partial charge < -0.3 is 14.3 Å². The van der Waals surface area contributed by atoms with Crippen LogP contribution in [0.3, 0.4) is 0 Å². The van der Waals surface area contributed by atoms with E-state index >= 15 is 0 Å². The number of benzene rings is 2.